The summed E-state index contributed by atoms with van der Waals surface area (Å²) in [5.74, 6) is -1.04. The van der Waals surface area contributed by atoms with Gasteiger partial charge < -0.3 is 9.47 Å². The monoisotopic (exact) mass is 178 g/mol. The molecule has 0 N–H and O–H groups in total. The van der Waals surface area contributed by atoms with Crippen LogP contribution in [0.4, 0.5) is 0 Å². The topological polar surface area (TPSA) is 52.6 Å². The molecule has 0 aromatic rings. The molecule has 1 aliphatic rings. The van der Waals surface area contributed by atoms with Gasteiger partial charge in [0, 0.05) is 0 Å². The fraction of sp³-hybridized carbons (Fsp3) is 0.667. The number of hydrogen-bond donors (Lipinski definition) is 0. The van der Waals surface area contributed by atoms with Crippen molar-refractivity contribution in [2.24, 2.45) is 0 Å². The zero-order valence-corrected chi connectivity index (χ0v) is 6.47. The van der Waals surface area contributed by atoms with Crippen LogP contribution >= 0.6 is 11.6 Å². The van der Waals surface area contributed by atoms with Gasteiger partial charge in [-0.25, -0.2) is 0 Å². The van der Waals surface area contributed by atoms with Gasteiger partial charge in [0.1, 0.15) is 18.6 Å². The van der Waals surface area contributed by atoms with Crippen LogP contribution in [0, 0.1) is 0 Å². The smallest absolute Gasteiger partial charge is 0.321 e. The molecule has 0 amide bonds. The van der Waals surface area contributed by atoms with E-state index in [2.05, 4.69) is 4.74 Å². The molecule has 0 spiro atoms. The molecule has 0 radical (unpaired) electrons. The lowest BCUT2D eigenvalue weighted by molar-refractivity contribution is -0.145. The molecule has 0 aromatic heterocycles. The second-order valence-electron chi connectivity index (χ2n) is 2.13. The van der Waals surface area contributed by atoms with Crippen molar-refractivity contribution in [1.82, 2.24) is 0 Å². The summed E-state index contributed by atoms with van der Waals surface area (Å²) in [7, 11) is 0. The van der Waals surface area contributed by atoms with Crippen LogP contribution in [-0.2, 0) is 19.1 Å². The minimum absolute atomic E-state index is 0.141. The summed E-state index contributed by atoms with van der Waals surface area (Å²) in [4.78, 5) is 21.0. The Morgan fingerprint density at radius 3 is 3.00 bits per heavy atom. The number of ether oxygens (including phenoxy) is 2. The lowest BCUT2D eigenvalue weighted by Gasteiger charge is -2.05. The predicted octanol–water partition coefficient (Wildman–Crippen LogP) is 0.0839. The molecule has 62 valence electrons. The molecule has 11 heavy (non-hydrogen) atoms. The number of halogens is 1. The van der Waals surface area contributed by atoms with Crippen LogP contribution in [0.1, 0.15) is 6.42 Å². The fourth-order valence-corrected chi connectivity index (χ4v) is 0.846. The Labute approximate surface area is 68.4 Å². The van der Waals surface area contributed by atoms with Crippen LogP contribution in [0.3, 0.4) is 0 Å². The van der Waals surface area contributed by atoms with Gasteiger partial charge in [0.2, 0.25) is 0 Å². The maximum Gasteiger partial charge on any atom is 0.321 e. The molecule has 4 nitrogen and oxygen atoms in total. The Morgan fingerprint density at radius 2 is 2.55 bits per heavy atom. The highest BCUT2D eigenvalue weighted by Crippen LogP contribution is 2.09. The van der Waals surface area contributed by atoms with Gasteiger partial charge >= 0.3 is 11.9 Å². The maximum absolute atomic E-state index is 10.6. The van der Waals surface area contributed by atoms with E-state index < -0.39 is 12.1 Å². The van der Waals surface area contributed by atoms with Crippen LogP contribution in [0.5, 0.6) is 0 Å². The third kappa shape index (κ3) is 2.38. The summed E-state index contributed by atoms with van der Waals surface area (Å²) in [5.41, 5.74) is 0. The zero-order valence-electron chi connectivity index (χ0n) is 5.71. The van der Waals surface area contributed by atoms with E-state index in [1.165, 1.54) is 0 Å². The highest BCUT2D eigenvalue weighted by Gasteiger charge is 2.26. The first-order valence-electron chi connectivity index (χ1n) is 3.13. The molecule has 1 aliphatic heterocycles. The highest BCUT2D eigenvalue weighted by molar-refractivity contribution is 6.26. The average Bonchev–Trinajstić information content (AvgIpc) is 2.35. The molecule has 0 saturated carbocycles. The van der Waals surface area contributed by atoms with Crippen molar-refractivity contribution in [3.05, 3.63) is 0 Å². The lowest BCUT2D eigenvalue weighted by Crippen LogP contribution is -2.18. The molecule has 1 fully saturated rings. The first-order valence-corrected chi connectivity index (χ1v) is 3.67. The van der Waals surface area contributed by atoms with E-state index in [-0.39, 0.29) is 24.9 Å². The minimum atomic E-state index is -0.519. The number of hydrogen-bond acceptors (Lipinski definition) is 4. The van der Waals surface area contributed by atoms with E-state index >= 15 is 0 Å². The average molecular weight is 179 g/mol. The van der Waals surface area contributed by atoms with Crippen molar-refractivity contribution in [1.29, 1.82) is 0 Å². The Hall–Kier alpha value is -0.770. The molecule has 1 rings (SSSR count). The summed E-state index contributed by atoms with van der Waals surface area (Å²) in [6.07, 6.45) is -0.295. The summed E-state index contributed by atoms with van der Waals surface area (Å²) in [6.45, 7) is 0.154. The standard InChI is InChI=1S/C6H7ClO4/c7-2-6(9)11-4-1-5(8)10-3-4/h4H,1-3H2. The largest absolute Gasteiger partial charge is 0.462 e. The summed E-state index contributed by atoms with van der Waals surface area (Å²) in [5, 5.41) is 0. The van der Waals surface area contributed by atoms with Crippen molar-refractivity contribution in [3.63, 3.8) is 0 Å². The summed E-state index contributed by atoms with van der Waals surface area (Å²) < 4.78 is 9.27. The fourth-order valence-electron chi connectivity index (χ4n) is 0.783. The van der Waals surface area contributed by atoms with Crippen molar-refractivity contribution < 1.29 is 19.1 Å². The normalized spacial score (nSPS) is 23.0. The SMILES string of the molecule is O=C1CC(OC(=O)CCl)CO1. The van der Waals surface area contributed by atoms with Crippen LogP contribution in [0.25, 0.3) is 0 Å². The third-order valence-electron chi connectivity index (χ3n) is 1.23. The minimum Gasteiger partial charge on any atom is -0.462 e. The van der Waals surface area contributed by atoms with Crippen LogP contribution in [-0.4, -0.2) is 30.5 Å². The number of rotatable bonds is 2. The van der Waals surface area contributed by atoms with Gasteiger partial charge in [-0.1, -0.05) is 0 Å². The molecule has 0 bridgehead atoms. The van der Waals surface area contributed by atoms with E-state index in [1.54, 1.807) is 0 Å². The Balaban J connectivity index is 2.28. The van der Waals surface area contributed by atoms with Gasteiger partial charge in [0.25, 0.3) is 0 Å². The van der Waals surface area contributed by atoms with Crippen LogP contribution in [0.15, 0.2) is 0 Å². The second kappa shape index (κ2) is 3.57. The molecule has 5 heteroatoms. The van der Waals surface area contributed by atoms with Gasteiger partial charge in [-0.15, -0.1) is 11.6 Å². The molecule has 1 unspecified atom stereocenters. The van der Waals surface area contributed by atoms with Gasteiger partial charge in [0.05, 0.1) is 6.42 Å². The molecular weight excluding hydrogens is 172 g/mol. The van der Waals surface area contributed by atoms with Crippen molar-refractivity contribution in [2.75, 3.05) is 12.5 Å². The highest BCUT2D eigenvalue weighted by atomic mass is 35.5. The molecule has 0 aromatic carbocycles. The number of cyclic esters (lactones) is 1. The summed E-state index contributed by atoms with van der Waals surface area (Å²) in [6, 6.07) is 0. The molecule has 1 heterocycles. The van der Waals surface area contributed by atoms with E-state index in [9.17, 15) is 9.59 Å². The Bertz CT molecular complexity index is 179. The van der Waals surface area contributed by atoms with Gasteiger partial charge in [-0.3, -0.25) is 9.59 Å². The van der Waals surface area contributed by atoms with Crippen molar-refractivity contribution in [3.8, 4) is 0 Å². The molecule has 1 saturated heterocycles. The lowest BCUT2D eigenvalue weighted by atomic mass is 10.3. The van der Waals surface area contributed by atoms with Crippen LogP contribution in [0.2, 0.25) is 0 Å². The number of esters is 2. The summed E-state index contributed by atoms with van der Waals surface area (Å²) >= 11 is 5.17. The molecule has 0 aliphatic carbocycles. The number of alkyl halides is 1. The maximum atomic E-state index is 10.6. The first-order chi connectivity index (χ1) is 5.22. The Kier molecular flexibility index (Phi) is 2.70. The van der Waals surface area contributed by atoms with Gasteiger partial charge in [0.15, 0.2) is 0 Å². The van der Waals surface area contributed by atoms with E-state index in [0.717, 1.165) is 0 Å². The van der Waals surface area contributed by atoms with E-state index in [0.29, 0.717) is 0 Å². The van der Waals surface area contributed by atoms with Crippen LogP contribution < -0.4 is 0 Å². The molecular formula is C6H7ClO4. The predicted molar refractivity (Wildman–Crippen MR) is 36.2 cm³/mol. The van der Waals surface area contributed by atoms with Crippen molar-refractivity contribution in [2.45, 2.75) is 12.5 Å². The second-order valence-corrected chi connectivity index (χ2v) is 2.40. The van der Waals surface area contributed by atoms with E-state index in [1.807, 2.05) is 0 Å². The third-order valence-corrected chi connectivity index (χ3v) is 1.45. The quantitative estimate of drug-likeness (QED) is 0.444. The Morgan fingerprint density at radius 1 is 1.82 bits per heavy atom. The zero-order chi connectivity index (χ0) is 8.27. The first kappa shape index (κ1) is 8.33. The number of carbonyl (C=O) groups excluding carboxylic acids is 2. The van der Waals surface area contributed by atoms with Gasteiger partial charge in [-0.2, -0.15) is 0 Å². The van der Waals surface area contributed by atoms with Crippen molar-refractivity contribution >= 4 is 23.5 Å². The number of carbonyl (C=O) groups is 2. The van der Waals surface area contributed by atoms with Gasteiger partial charge in [-0.05, 0) is 0 Å². The molecule has 1 atom stereocenters. The van der Waals surface area contributed by atoms with E-state index in [4.69, 9.17) is 16.3 Å².